The van der Waals surface area contributed by atoms with E-state index in [1.807, 2.05) is 48.2 Å². The van der Waals surface area contributed by atoms with Crippen molar-refractivity contribution in [3.8, 4) is 5.75 Å². The molecule has 1 aliphatic rings. The number of thioether (sulfide) groups is 1. The molecule has 1 fully saturated rings. The average Bonchev–Trinajstić information content (AvgIpc) is 2.66. The molecule has 3 aromatic rings. The maximum Gasteiger partial charge on any atom is 0.170 e. The van der Waals surface area contributed by atoms with Gasteiger partial charge in [-0.3, -0.25) is 4.79 Å². The van der Waals surface area contributed by atoms with Crippen LogP contribution in [0.2, 0.25) is 0 Å². The fourth-order valence-corrected chi connectivity index (χ4v) is 5.14. The van der Waals surface area contributed by atoms with E-state index in [1.54, 1.807) is 24.3 Å². The molecule has 0 heterocycles. The summed E-state index contributed by atoms with van der Waals surface area (Å²) in [6.45, 7) is 0. The van der Waals surface area contributed by atoms with Crippen LogP contribution < -0.4 is 0 Å². The molecule has 3 heteroatoms. The third-order valence-electron chi connectivity index (χ3n) is 5.04. The Bertz CT molecular complexity index is 892. The molecule has 0 bridgehead atoms. The number of carbonyl (C=O) groups excluding carboxylic acids is 1. The lowest BCUT2D eigenvalue weighted by Crippen LogP contribution is -2.42. The van der Waals surface area contributed by atoms with Gasteiger partial charge in [-0.15, -0.1) is 11.8 Å². The van der Waals surface area contributed by atoms with Crippen molar-refractivity contribution in [2.45, 2.75) is 22.5 Å². The Balaban J connectivity index is 1.61. The van der Waals surface area contributed by atoms with Crippen LogP contribution in [0, 0.1) is 5.92 Å². The van der Waals surface area contributed by atoms with Gasteiger partial charge in [0.25, 0.3) is 0 Å². The van der Waals surface area contributed by atoms with E-state index in [9.17, 15) is 9.90 Å². The maximum absolute atomic E-state index is 13.1. The zero-order valence-electron chi connectivity index (χ0n) is 14.3. The molecule has 1 N–H and O–H groups in total. The second-order valence-corrected chi connectivity index (χ2v) is 7.94. The van der Waals surface area contributed by atoms with Gasteiger partial charge in [-0.2, -0.15) is 0 Å². The first-order valence-corrected chi connectivity index (χ1v) is 9.71. The zero-order chi connectivity index (χ0) is 17.9. The Morgan fingerprint density at radius 3 is 2.15 bits per heavy atom. The van der Waals surface area contributed by atoms with Crippen LogP contribution in [0.4, 0.5) is 0 Å². The Hall–Kier alpha value is -2.52. The predicted molar refractivity (Wildman–Crippen MR) is 106 cm³/mol. The van der Waals surface area contributed by atoms with Crippen LogP contribution in [-0.2, 0) is 0 Å². The summed E-state index contributed by atoms with van der Waals surface area (Å²) < 4.78 is 0. The van der Waals surface area contributed by atoms with E-state index in [1.165, 1.54) is 10.5 Å². The van der Waals surface area contributed by atoms with Crippen molar-refractivity contribution in [2.24, 2.45) is 5.92 Å². The molecule has 2 nitrogen and oxygen atoms in total. The van der Waals surface area contributed by atoms with Crippen LogP contribution in [0.1, 0.15) is 28.3 Å². The number of carbonyl (C=O) groups is 1. The van der Waals surface area contributed by atoms with Gasteiger partial charge in [0.05, 0.1) is 5.56 Å². The zero-order valence-corrected chi connectivity index (χ0v) is 15.1. The molecular weight excluding hydrogens is 340 g/mol. The number of hydrogen-bond donors (Lipinski definition) is 1. The normalized spacial score (nSPS) is 21.8. The van der Waals surface area contributed by atoms with Crippen LogP contribution >= 0.6 is 11.8 Å². The van der Waals surface area contributed by atoms with Crippen molar-refractivity contribution >= 4 is 17.5 Å². The molecule has 0 unspecified atom stereocenters. The van der Waals surface area contributed by atoms with Gasteiger partial charge in [-0.1, -0.05) is 60.7 Å². The molecule has 4 rings (SSSR count). The third kappa shape index (κ3) is 3.27. The second-order valence-electron chi connectivity index (χ2n) is 6.63. The predicted octanol–water partition coefficient (Wildman–Crippen LogP) is 5.54. The van der Waals surface area contributed by atoms with Gasteiger partial charge >= 0.3 is 0 Å². The molecule has 1 saturated carbocycles. The molecule has 3 atom stereocenters. The first-order valence-electron chi connectivity index (χ1n) is 8.83. The number of ketones is 1. The van der Waals surface area contributed by atoms with Crippen molar-refractivity contribution in [3.05, 3.63) is 96.1 Å². The average molecular weight is 360 g/mol. The summed E-state index contributed by atoms with van der Waals surface area (Å²) in [5, 5.41) is 10.4. The fourth-order valence-electron chi connectivity index (χ4n) is 3.68. The van der Waals surface area contributed by atoms with Crippen LogP contribution in [0.15, 0.2) is 89.8 Å². The van der Waals surface area contributed by atoms with Gasteiger partial charge in [0.1, 0.15) is 5.75 Å². The molecule has 0 radical (unpaired) electrons. The van der Waals surface area contributed by atoms with Crippen molar-refractivity contribution in [2.75, 3.05) is 0 Å². The highest BCUT2D eigenvalue weighted by atomic mass is 32.2. The minimum atomic E-state index is -0.0908. The lowest BCUT2D eigenvalue weighted by atomic mass is 9.66. The van der Waals surface area contributed by atoms with E-state index >= 15 is 0 Å². The number of phenols is 1. The van der Waals surface area contributed by atoms with E-state index < -0.39 is 0 Å². The Morgan fingerprint density at radius 1 is 0.846 bits per heavy atom. The summed E-state index contributed by atoms with van der Waals surface area (Å²) in [7, 11) is 0. The van der Waals surface area contributed by atoms with Crippen LogP contribution in [0.25, 0.3) is 0 Å². The number of Topliss-reactive ketones (excluding diaryl/α,β-unsaturated/α-hetero) is 1. The smallest absolute Gasteiger partial charge is 0.170 e. The topological polar surface area (TPSA) is 37.3 Å². The summed E-state index contributed by atoms with van der Waals surface area (Å²) >= 11 is 1.84. The van der Waals surface area contributed by atoms with Gasteiger partial charge in [-0.25, -0.2) is 0 Å². The molecule has 0 saturated heterocycles. The molecular formula is C23H20O2S. The van der Waals surface area contributed by atoms with E-state index in [0.29, 0.717) is 10.8 Å². The monoisotopic (exact) mass is 360 g/mol. The third-order valence-corrected chi connectivity index (χ3v) is 6.37. The SMILES string of the molecule is O=C(c1ccccc1O)[C@@H]1C[C@H](Sc2ccccc2)[C@H]1c1ccccc1. The molecule has 0 amide bonds. The second kappa shape index (κ2) is 7.38. The van der Waals surface area contributed by atoms with E-state index in [0.717, 1.165) is 6.42 Å². The minimum absolute atomic E-state index is 0.0434. The number of benzene rings is 3. The summed E-state index contributed by atoms with van der Waals surface area (Å²) in [4.78, 5) is 14.3. The minimum Gasteiger partial charge on any atom is -0.507 e. The number of phenolic OH excluding ortho intramolecular Hbond substituents is 1. The quantitative estimate of drug-likeness (QED) is 0.607. The number of rotatable bonds is 5. The molecule has 0 spiro atoms. The molecule has 0 aromatic heterocycles. The molecule has 1 aliphatic carbocycles. The van der Waals surface area contributed by atoms with E-state index in [-0.39, 0.29) is 23.4 Å². The largest absolute Gasteiger partial charge is 0.507 e. The van der Waals surface area contributed by atoms with Gasteiger partial charge in [0.15, 0.2) is 5.78 Å². The maximum atomic E-state index is 13.1. The summed E-state index contributed by atoms with van der Waals surface area (Å²) in [5.74, 6) is 0.186. The standard InChI is InChI=1S/C23H20O2S/c24-20-14-8-7-13-18(20)23(25)19-15-21(26-17-11-5-2-6-12-17)22(19)16-9-3-1-4-10-16/h1-14,19,21-22,24H,15H2/t19-,21+,22+/m1/s1. The highest BCUT2D eigenvalue weighted by Gasteiger charge is 2.46. The van der Waals surface area contributed by atoms with Crippen molar-refractivity contribution in [1.82, 2.24) is 0 Å². The van der Waals surface area contributed by atoms with Crippen molar-refractivity contribution in [1.29, 1.82) is 0 Å². The van der Waals surface area contributed by atoms with Crippen molar-refractivity contribution in [3.63, 3.8) is 0 Å². The molecule has 26 heavy (non-hydrogen) atoms. The van der Waals surface area contributed by atoms with Crippen LogP contribution in [0.3, 0.4) is 0 Å². The fraction of sp³-hybridized carbons (Fsp3) is 0.174. The molecule has 3 aromatic carbocycles. The highest BCUT2D eigenvalue weighted by Crippen LogP contribution is 2.52. The Labute approximate surface area is 157 Å². The lowest BCUT2D eigenvalue weighted by molar-refractivity contribution is 0.0825. The highest BCUT2D eigenvalue weighted by molar-refractivity contribution is 8.00. The van der Waals surface area contributed by atoms with E-state index in [4.69, 9.17) is 0 Å². The Morgan fingerprint density at radius 2 is 1.46 bits per heavy atom. The summed E-state index contributed by atoms with van der Waals surface area (Å²) in [5.41, 5.74) is 1.63. The molecule has 130 valence electrons. The van der Waals surface area contributed by atoms with E-state index in [2.05, 4.69) is 24.3 Å². The van der Waals surface area contributed by atoms with Gasteiger partial charge in [0.2, 0.25) is 0 Å². The van der Waals surface area contributed by atoms with Gasteiger partial charge < -0.3 is 5.11 Å². The van der Waals surface area contributed by atoms with Gasteiger partial charge in [0, 0.05) is 22.0 Å². The number of para-hydroxylation sites is 1. The van der Waals surface area contributed by atoms with Crippen molar-refractivity contribution < 1.29 is 9.90 Å². The van der Waals surface area contributed by atoms with Crippen LogP contribution in [0.5, 0.6) is 5.75 Å². The summed E-state index contributed by atoms with van der Waals surface area (Å²) in [6, 6.07) is 27.5. The first-order chi connectivity index (χ1) is 12.7. The lowest BCUT2D eigenvalue weighted by Gasteiger charge is -2.44. The van der Waals surface area contributed by atoms with Gasteiger partial charge in [-0.05, 0) is 36.2 Å². The number of hydrogen-bond acceptors (Lipinski definition) is 3. The first kappa shape index (κ1) is 16.9. The molecule has 0 aliphatic heterocycles. The summed E-state index contributed by atoms with van der Waals surface area (Å²) in [6.07, 6.45) is 0.826. The number of aromatic hydroxyl groups is 1. The Kier molecular flexibility index (Phi) is 4.81. The van der Waals surface area contributed by atoms with Crippen LogP contribution in [-0.4, -0.2) is 16.1 Å².